The second kappa shape index (κ2) is 9.73. The molecule has 2 aromatic carbocycles. The lowest BCUT2D eigenvalue weighted by molar-refractivity contribution is -0.129. The SMILES string of the molecule is CC(SCC(=O)Nc1ccc(F)cc1)C(=O)N(C)Cc1ccccc1Br. The van der Waals surface area contributed by atoms with Gasteiger partial charge in [0.1, 0.15) is 5.82 Å². The van der Waals surface area contributed by atoms with Crippen LogP contribution >= 0.6 is 27.7 Å². The van der Waals surface area contributed by atoms with Crippen LogP contribution in [0, 0.1) is 5.82 Å². The average molecular weight is 439 g/mol. The summed E-state index contributed by atoms with van der Waals surface area (Å²) in [6, 6.07) is 13.3. The first-order valence-corrected chi connectivity index (χ1v) is 9.86. The molecule has 0 fully saturated rings. The Morgan fingerprint density at radius 3 is 2.50 bits per heavy atom. The number of carbonyl (C=O) groups is 2. The molecule has 2 aromatic rings. The molecule has 2 rings (SSSR count). The number of benzene rings is 2. The monoisotopic (exact) mass is 438 g/mol. The van der Waals surface area contributed by atoms with Crippen molar-refractivity contribution in [3.8, 4) is 0 Å². The zero-order valence-corrected chi connectivity index (χ0v) is 16.9. The first-order valence-electron chi connectivity index (χ1n) is 8.02. The topological polar surface area (TPSA) is 49.4 Å². The Bertz CT molecular complexity index is 770. The molecule has 1 atom stereocenters. The van der Waals surface area contributed by atoms with Crippen molar-refractivity contribution >= 4 is 45.2 Å². The molecule has 138 valence electrons. The van der Waals surface area contributed by atoms with E-state index in [0.717, 1.165) is 10.0 Å². The summed E-state index contributed by atoms with van der Waals surface area (Å²) in [6.07, 6.45) is 0. The van der Waals surface area contributed by atoms with E-state index in [2.05, 4.69) is 21.2 Å². The fourth-order valence-electron chi connectivity index (χ4n) is 2.27. The zero-order valence-electron chi connectivity index (χ0n) is 14.5. The largest absolute Gasteiger partial charge is 0.340 e. The van der Waals surface area contributed by atoms with Gasteiger partial charge in [-0.2, -0.15) is 0 Å². The standard InChI is InChI=1S/C19H20BrFN2O2S/c1-13(19(25)23(2)11-14-5-3-4-6-17(14)20)26-12-18(24)22-16-9-7-15(21)8-10-16/h3-10,13H,11-12H2,1-2H3,(H,22,24). The van der Waals surface area contributed by atoms with Gasteiger partial charge in [-0.1, -0.05) is 34.1 Å². The van der Waals surface area contributed by atoms with Crippen LogP contribution in [0.5, 0.6) is 0 Å². The Morgan fingerprint density at radius 2 is 1.85 bits per heavy atom. The highest BCUT2D eigenvalue weighted by Gasteiger charge is 2.20. The maximum atomic E-state index is 12.9. The normalized spacial score (nSPS) is 11.7. The van der Waals surface area contributed by atoms with E-state index in [4.69, 9.17) is 0 Å². The van der Waals surface area contributed by atoms with E-state index < -0.39 is 0 Å². The fraction of sp³-hybridized carbons (Fsp3) is 0.263. The van der Waals surface area contributed by atoms with Gasteiger partial charge < -0.3 is 10.2 Å². The molecule has 0 bridgehead atoms. The Labute approximate surface area is 165 Å². The Kier molecular flexibility index (Phi) is 7.66. The summed E-state index contributed by atoms with van der Waals surface area (Å²) in [5.74, 6) is -0.479. The number of hydrogen-bond donors (Lipinski definition) is 1. The molecule has 0 saturated heterocycles. The van der Waals surface area contributed by atoms with Crippen LogP contribution < -0.4 is 5.32 Å². The minimum Gasteiger partial charge on any atom is -0.340 e. The summed E-state index contributed by atoms with van der Waals surface area (Å²) in [6.45, 7) is 2.28. The van der Waals surface area contributed by atoms with Crippen molar-refractivity contribution in [2.24, 2.45) is 0 Å². The summed E-state index contributed by atoms with van der Waals surface area (Å²) >= 11 is 4.75. The molecule has 0 heterocycles. The van der Waals surface area contributed by atoms with Crippen LogP contribution in [0.25, 0.3) is 0 Å². The third-order valence-electron chi connectivity index (χ3n) is 3.68. The number of nitrogens with one attached hydrogen (secondary N) is 1. The van der Waals surface area contributed by atoms with Crippen LogP contribution in [0.4, 0.5) is 10.1 Å². The number of anilines is 1. The molecule has 1 N–H and O–H groups in total. The molecule has 1 unspecified atom stereocenters. The van der Waals surface area contributed by atoms with Gasteiger partial charge in [-0.25, -0.2) is 4.39 Å². The number of nitrogens with zero attached hydrogens (tertiary/aromatic N) is 1. The predicted octanol–water partition coefficient (Wildman–Crippen LogP) is 4.31. The maximum absolute atomic E-state index is 12.9. The number of rotatable bonds is 7. The van der Waals surface area contributed by atoms with Gasteiger partial charge >= 0.3 is 0 Å². The van der Waals surface area contributed by atoms with Crippen molar-refractivity contribution in [3.63, 3.8) is 0 Å². The number of carbonyl (C=O) groups excluding carboxylic acids is 2. The van der Waals surface area contributed by atoms with Gasteiger partial charge in [-0.3, -0.25) is 9.59 Å². The zero-order chi connectivity index (χ0) is 19.1. The van der Waals surface area contributed by atoms with Gasteiger partial charge in [0.2, 0.25) is 11.8 Å². The van der Waals surface area contributed by atoms with E-state index in [0.29, 0.717) is 12.2 Å². The van der Waals surface area contributed by atoms with E-state index in [9.17, 15) is 14.0 Å². The van der Waals surface area contributed by atoms with Gasteiger partial charge in [0.25, 0.3) is 0 Å². The number of amides is 2. The Hall–Kier alpha value is -1.86. The number of hydrogen-bond acceptors (Lipinski definition) is 3. The molecule has 0 aromatic heterocycles. The van der Waals surface area contributed by atoms with Crippen LogP contribution in [0.3, 0.4) is 0 Å². The van der Waals surface area contributed by atoms with E-state index in [-0.39, 0.29) is 28.6 Å². The maximum Gasteiger partial charge on any atom is 0.235 e. The van der Waals surface area contributed by atoms with Crippen LogP contribution in [0.1, 0.15) is 12.5 Å². The molecule has 0 aliphatic rings. The Balaban J connectivity index is 1.81. The van der Waals surface area contributed by atoms with Crippen molar-refractivity contribution in [2.45, 2.75) is 18.7 Å². The molecular weight excluding hydrogens is 419 g/mol. The highest BCUT2D eigenvalue weighted by molar-refractivity contribution is 9.10. The molecule has 4 nitrogen and oxygen atoms in total. The second-order valence-corrected chi connectivity index (χ2v) is 7.98. The van der Waals surface area contributed by atoms with E-state index in [1.54, 1.807) is 18.9 Å². The lowest BCUT2D eigenvalue weighted by atomic mass is 10.2. The van der Waals surface area contributed by atoms with Gasteiger partial charge in [0, 0.05) is 23.8 Å². The minimum atomic E-state index is -0.357. The van der Waals surface area contributed by atoms with E-state index >= 15 is 0 Å². The van der Waals surface area contributed by atoms with Crippen LogP contribution in [-0.4, -0.2) is 34.8 Å². The average Bonchev–Trinajstić information content (AvgIpc) is 2.63. The second-order valence-electron chi connectivity index (χ2n) is 5.79. The first kappa shape index (κ1) is 20.5. The summed E-state index contributed by atoms with van der Waals surface area (Å²) in [5, 5.41) is 2.34. The molecular formula is C19H20BrFN2O2S. The lowest BCUT2D eigenvalue weighted by Crippen LogP contribution is -2.33. The predicted molar refractivity (Wildman–Crippen MR) is 108 cm³/mol. The van der Waals surface area contributed by atoms with Crippen LogP contribution in [0.15, 0.2) is 53.0 Å². The number of thioether (sulfide) groups is 1. The third kappa shape index (κ3) is 6.14. The molecule has 0 aliphatic heterocycles. The van der Waals surface area contributed by atoms with E-state index in [1.807, 2.05) is 24.3 Å². The highest BCUT2D eigenvalue weighted by atomic mass is 79.9. The van der Waals surface area contributed by atoms with Gasteiger partial charge in [-0.15, -0.1) is 11.8 Å². The third-order valence-corrected chi connectivity index (χ3v) is 5.59. The molecule has 0 spiro atoms. The van der Waals surface area contributed by atoms with Gasteiger partial charge in [0.15, 0.2) is 0 Å². The minimum absolute atomic E-state index is 0.0414. The molecule has 7 heteroatoms. The summed E-state index contributed by atoms with van der Waals surface area (Å²) in [4.78, 5) is 26.1. The molecule has 26 heavy (non-hydrogen) atoms. The van der Waals surface area contributed by atoms with Crippen molar-refractivity contribution in [3.05, 3.63) is 64.4 Å². The van der Waals surface area contributed by atoms with Crippen LogP contribution in [-0.2, 0) is 16.1 Å². The van der Waals surface area contributed by atoms with Crippen molar-refractivity contribution < 1.29 is 14.0 Å². The summed E-state index contributed by atoms with van der Waals surface area (Å²) < 4.78 is 13.8. The highest BCUT2D eigenvalue weighted by Crippen LogP contribution is 2.20. The smallest absolute Gasteiger partial charge is 0.235 e. The molecule has 0 saturated carbocycles. The lowest BCUT2D eigenvalue weighted by Gasteiger charge is -2.21. The van der Waals surface area contributed by atoms with Crippen molar-refractivity contribution in [1.82, 2.24) is 4.90 Å². The first-order chi connectivity index (χ1) is 12.4. The fourth-order valence-corrected chi connectivity index (χ4v) is 3.48. The molecule has 0 radical (unpaired) electrons. The molecule has 0 aliphatic carbocycles. The van der Waals surface area contributed by atoms with Gasteiger partial charge in [0.05, 0.1) is 11.0 Å². The van der Waals surface area contributed by atoms with Crippen molar-refractivity contribution in [1.29, 1.82) is 0 Å². The van der Waals surface area contributed by atoms with Gasteiger partial charge in [-0.05, 0) is 42.8 Å². The van der Waals surface area contributed by atoms with E-state index in [1.165, 1.54) is 36.0 Å². The number of halogens is 2. The van der Waals surface area contributed by atoms with Crippen molar-refractivity contribution in [2.75, 3.05) is 18.1 Å². The van der Waals surface area contributed by atoms with Crippen LogP contribution in [0.2, 0.25) is 0 Å². The molecule has 2 amide bonds. The summed E-state index contributed by atoms with van der Waals surface area (Å²) in [5.41, 5.74) is 1.55. The summed E-state index contributed by atoms with van der Waals surface area (Å²) in [7, 11) is 1.75. The quantitative estimate of drug-likeness (QED) is 0.700. The Morgan fingerprint density at radius 1 is 1.19 bits per heavy atom.